The molecule has 0 aliphatic heterocycles. The summed E-state index contributed by atoms with van der Waals surface area (Å²) >= 11 is 0. The van der Waals surface area contributed by atoms with Crippen molar-refractivity contribution in [2.45, 2.75) is 26.1 Å². The summed E-state index contributed by atoms with van der Waals surface area (Å²) in [7, 11) is 2.32. The van der Waals surface area contributed by atoms with Crippen LogP contribution in [-0.4, -0.2) is 26.4 Å². The van der Waals surface area contributed by atoms with E-state index < -0.39 is 35.9 Å². The van der Waals surface area contributed by atoms with Gasteiger partial charge in [0, 0.05) is 14.2 Å². The standard InChI is InChI=1S/C10H14F4O3/c1-5(15-3)7(9(11)12)17-8(10(13)14)6(2)16-4/h5-6H,1-4H3. The fraction of sp³-hybridized carbons (Fsp3) is 0.600. The van der Waals surface area contributed by atoms with Crippen molar-refractivity contribution in [3.63, 3.8) is 0 Å². The van der Waals surface area contributed by atoms with Crippen molar-refractivity contribution in [2.24, 2.45) is 0 Å². The highest BCUT2D eigenvalue weighted by Gasteiger charge is 2.24. The van der Waals surface area contributed by atoms with Crippen molar-refractivity contribution in [1.82, 2.24) is 0 Å². The Bertz CT molecular complexity index is 277. The van der Waals surface area contributed by atoms with Gasteiger partial charge in [-0.1, -0.05) is 0 Å². The van der Waals surface area contributed by atoms with Crippen LogP contribution in [0.1, 0.15) is 13.8 Å². The van der Waals surface area contributed by atoms with Gasteiger partial charge in [-0.3, -0.25) is 0 Å². The molecule has 0 fully saturated rings. The highest BCUT2D eigenvalue weighted by Crippen LogP contribution is 2.24. The average molecular weight is 258 g/mol. The molecule has 0 aromatic carbocycles. The second kappa shape index (κ2) is 7.29. The molecule has 0 aromatic rings. The fourth-order valence-electron chi connectivity index (χ4n) is 0.883. The third-order valence-corrected chi connectivity index (χ3v) is 2.04. The Balaban J connectivity index is 5.12. The smallest absolute Gasteiger partial charge is 0.310 e. The zero-order valence-electron chi connectivity index (χ0n) is 9.89. The summed E-state index contributed by atoms with van der Waals surface area (Å²) in [5, 5.41) is 0. The normalized spacial score (nSPS) is 13.9. The lowest BCUT2D eigenvalue weighted by Crippen LogP contribution is -2.18. The van der Waals surface area contributed by atoms with Gasteiger partial charge in [0.05, 0.1) is 0 Å². The Morgan fingerprint density at radius 2 is 1.06 bits per heavy atom. The molecule has 2 unspecified atom stereocenters. The average Bonchev–Trinajstić information content (AvgIpc) is 2.27. The van der Waals surface area contributed by atoms with Crippen LogP contribution in [0.3, 0.4) is 0 Å². The Morgan fingerprint density at radius 1 is 0.765 bits per heavy atom. The maximum Gasteiger partial charge on any atom is 0.310 e. The van der Waals surface area contributed by atoms with E-state index in [1.54, 1.807) is 0 Å². The Kier molecular flexibility index (Phi) is 6.82. The summed E-state index contributed by atoms with van der Waals surface area (Å²) in [5.74, 6) is -1.92. The molecule has 0 saturated carbocycles. The SMILES string of the molecule is COC(C)C(OC(=C(F)F)C(C)OC)=C(F)F. The van der Waals surface area contributed by atoms with E-state index in [0.717, 1.165) is 14.2 Å². The van der Waals surface area contributed by atoms with Crippen molar-refractivity contribution >= 4 is 0 Å². The molecular weight excluding hydrogens is 244 g/mol. The Morgan fingerprint density at radius 3 is 1.24 bits per heavy atom. The number of halogens is 4. The van der Waals surface area contributed by atoms with Gasteiger partial charge in [0.25, 0.3) is 0 Å². The zero-order valence-corrected chi connectivity index (χ0v) is 9.89. The van der Waals surface area contributed by atoms with Crippen molar-refractivity contribution in [3.05, 3.63) is 23.7 Å². The molecule has 0 aliphatic rings. The van der Waals surface area contributed by atoms with Crippen molar-refractivity contribution < 1.29 is 31.8 Å². The van der Waals surface area contributed by atoms with E-state index in [1.807, 2.05) is 0 Å². The molecule has 0 saturated heterocycles. The number of hydrogen-bond acceptors (Lipinski definition) is 3. The van der Waals surface area contributed by atoms with Gasteiger partial charge in [0.1, 0.15) is 12.2 Å². The van der Waals surface area contributed by atoms with Crippen LogP contribution >= 0.6 is 0 Å². The highest BCUT2D eigenvalue weighted by molar-refractivity contribution is 5.09. The predicted molar refractivity (Wildman–Crippen MR) is 52.5 cm³/mol. The molecule has 0 heterocycles. The van der Waals surface area contributed by atoms with Crippen LogP contribution in [0.2, 0.25) is 0 Å². The Labute approximate surface area is 96.6 Å². The van der Waals surface area contributed by atoms with Crippen LogP contribution in [0.15, 0.2) is 23.7 Å². The summed E-state index contributed by atoms with van der Waals surface area (Å²) in [6.07, 6.45) is -6.72. The minimum Gasteiger partial charge on any atom is -0.449 e. The number of ether oxygens (including phenoxy) is 3. The van der Waals surface area contributed by atoms with Gasteiger partial charge in [0.15, 0.2) is 11.5 Å². The molecule has 0 N–H and O–H groups in total. The minimum absolute atomic E-state index is 0.959. The second-order valence-electron chi connectivity index (χ2n) is 3.11. The first kappa shape index (κ1) is 15.9. The first-order valence-electron chi connectivity index (χ1n) is 4.68. The lowest BCUT2D eigenvalue weighted by Gasteiger charge is -2.19. The summed E-state index contributed by atoms with van der Waals surface area (Å²) in [5.41, 5.74) is 0. The molecule has 0 spiro atoms. The van der Waals surface area contributed by atoms with Crippen LogP contribution in [0.5, 0.6) is 0 Å². The van der Waals surface area contributed by atoms with Crippen molar-refractivity contribution in [1.29, 1.82) is 0 Å². The van der Waals surface area contributed by atoms with E-state index in [4.69, 9.17) is 0 Å². The molecular formula is C10H14F4O3. The maximum atomic E-state index is 12.5. The molecule has 0 aromatic heterocycles. The van der Waals surface area contributed by atoms with Gasteiger partial charge in [-0.2, -0.15) is 17.6 Å². The molecule has 3 nitrogen and oxygen atoms in total. The van der Waals surface area contributed by atoms with Gasteiger partial charge in [-0.25, -0.2) is 0 Å². The van der Waals surface area contributed by atoms with E-state index in [0.29, 0.717) is 0 Å². The van der Waals surface area contributed by atoms with E-state index >= 15 is 0 Å². The van der Waals surface area contributed by atoms with Crippen LogP contribution in [0.4, 0.5) is 17.6 Å². The van der Waals surface area contributed by atoms with E-state index in [-0.39, 0.29) is 0 Å². The van der Waals surface area contributed by atoms with Gasteiger partial charge >= 0.3 is 12.2 Å². The number of methoxy groups -OCH3 is 2. The van der Waals surface area contributed by atoms with Gasteiger partial charge in [-0.15, -0.1) is 0 Å². The Hall–Kier alpha value is -1.08. The third-order valence-electron chi connectivity index (χ3n) is 2.04. The van der Waals surface area contributed by atoms with E-state index in [2.05, 4.69) is 14.2 Å². The van der Waals surface area contributed by atoms with Gasteiger partial charge in [0.2, 0.25) is 0 Å². The first-order valence-corrected chi connectivity index (χ1v) is 4.68. The van der Waals surface area contributed by atoms with Crippen LogP contribution in [-0.2, 0) is 14.2 Å². The van der Waals surface area contributed by atoms with Crippen molar-refractivity contribution in [2.75, 3.05) is 14.2 Å². The molecule has 0 rings (SSSR count). The van der Waals surface area contributed by atoms with E-state index in [9.17, 15) is 17.6 Å². The number of rotatable bonds is 6. The lowest BCUT2D eigenvalue weighted by atomic mass is 10.3. The monoisotopic (exact) mass is 258 g/mol. The zero-order chi connectivity index (χ0) is 13.6. The molecule has 7 heteroatoms. The van der Waals surface area contributed by atoms with Crippen LogP contribution < -0.4 is 0 Å². The minimum atomic E-state index is -2.22. The summed E-state index contributed by atoms with van der Waals surface area (Å²) in [6, 6.07) is 0. The second-order valence-corrected chi connectivity index (χ2v) is 3.11. The topological polar surface area (TPSA) is 27.7 Å². The van der Waals surface area contributed by atoms with Gasteiger partial charge in [-0.05, 0) is 13.8 Å². The van der Waals surface area contributed by atoms with Gasteiger partial charge < -0.3 is 14.2 Å². The number of hydrogen-bond donors (Lipinski definition) is 0. The quantitative estimate of drug-likeness (QED) is 0.540. The fourth-order valence-corrected chi connectivity index (χ4v) is 0.883. The molecule has 2 atom stereocenters. The molecule has 0 aliphatic carbocycles. The lowest BCUT2D eigenvalue weighted by molar-refractivity contribution is 0.0417. The molecule has 0 radical (unpaired) electrons. The molecule has 100 valence electrons. The third kappa shape index (κ3) is 4.74. The first-order chi connectivity index (χ1) is 7.84. The van der Waals surface area contributed by atoms with Crippen LogP contribution in [0, 0.1) is 0 Å². The van der Waals surface area contributed by atoms with Crippen LogP contribution in [0.25, 0.3) is 0 Å². The van der Waals surface area contributed by atoms with E-state index in [1.165, 1.54) is 13.8 Å². The highest BCUT2D eigenvalue weighted by atomic mass is 19.3. The summed E-state index contributed by atoms with van der Waals surface area (Å²) < 4.78 is 63.7. The molecule has 0 amide bonds. The molecule has 0 bridgehead atoms. The molecule has 17 heavy (non-hydrogen) atoms. The summed E-state index contributed by atoms with van der Waals surface area (Å²) in [4.78, 5) is 0. The summed E-state index contributed by atoms with van der Waals surface area (Å²) in [6.45, 7) is 2.50. The van der Waals surface area contributed by atoms with Crippen molar-refractivity contribution in [3.8, 4) is 0 Å². The maximum absolute atomic E-state index is 12.5. The predicted octanol–water partition coefficient (Wildman–Crippen LogP) is 3.29. The largest absolute Gasteiger partial charge is 0.449 e.